The number of nitrogens with one attached hydrogen (secondary N) is 2. The maximum atomic E-state index is 11.6. The smallest absolute Gasteiger partial charge is 0.267 e. The van der Waals surface area contributed by atoms with E-state index in [0.717, 1.165) is 30.3 Å². The van der Waals surface area contributed by atoms with Crippen LogP contribution in [-0.4, -0.2) is 30.1 Å². The number of halogens is 1. The van der Waals surface area contributed by atoms with Crippen LogP contribution in [0, 0.1) is 0 Å². The van der Waals surface area contributed by atoms with Crippen molar-refractivity contribution in [1.82, 2.24) is 10.3 Å². The van der Waals surface area contributed by atoms with Crippen molar-refractivity contribution in [3.8, 4) is 0 Å². The Kier molecular flexibility index (Phi) is 4.01. The van der Waals surface area contributed by atoms with E-state index in [0.29, 0.717) is 18.3 Å². The second-order valence-corrected chi connectivity index (χ2v) is 4.83. The lowest BCUT2D eigenvalue weighted by atomic mass is 10.2. The van der Waals surface area contributed by atoms with Gasteiger partial charge in [0.05, 0.1) is 6.10 Å². The van der Waals surface area contributed by atoms with Gasteiger partial charge in [-0.05, 0) is 41.3 Å². The van der Waals surface area contributed by atoms with E-state index in [1.54, 1.807) is 12.3 Å². The van der Waals surface area contributed by atoms with Crippen LogP contribution in [0.1, 0.15) is 29.8 Å². The summed E-state index contributed by atoms with van der Waals surface area (Å²) in [6.45, 7) is 1.53. The van der Waals surface area contributed by atoms with Crippen LogP contribution in [0.5, 0.6) is 0 Å². The molecule has 1 saturated heterocycles. The number of hydrogen-bond acceptors (Lipinski definition) is 2. The SMILES string of the molecule is O=C(NCCC1CCCO1)c1cc(Br)c[nH]1. The van der Waals surface area contributed by atoms with Gasteiger partial charge in [-0.3, -0.25) is 4.79 Å². The van der Waals surface area contributed by atoms with E-state index in [1.165, 1.54) is 0 Å². The predicted molar refractivity (Wildman–Crippen MR) is 64.4 cm³/mol. The third-order valence-corrected chi connectivity index (χ3v) is 3.13. The number of amides is 1. The summed E-state index contributed by atoms with van der Waals surface area (Å²) < 4.78 is 6.36. The highest BCUT2D eigenvalue weighted by Gasteiger charge is 2.15. The quantitative estimate of drug-likeness (QED) is 0.890. The lowest BCUT2D eigenvalue weighted by Gasteiger charge is -2.09. The molecule has 2 heterocycles. The van der Waals surface area contributed by atoms with Crippen molar-refractivity contribution >= 4 is 21.8 Å². The molecule has 0 aliphatic carbocycles. The molecule has 0 bridgehead atoms. The van der Waals surface area contributed by atoms with Crippen LogP contribution in [-0.2, 0) is 4.74 Å². The second-order valence-electron chi connectivity index (χ2n) is 3.91. The van der Waals surface area contributed by atoms with E-state index in [4.69, 9.17) is 4.74 Å². The van der Waals surface area contributed by atoms with Gasteiger partial charge >= 0.3 is 0 Å². The molecular weight excluding hydrogens is 272 g/mol. The van der Waals surface area contributed by atoms with Crippen molar-refractivity contribution in [2.24, 2.45) is 0 Å². The molecule has 2 N–H and O–H groups in total. The second kappa shape index (κ2) is 5.50. The fraction of sp³-hybridized carbons (Fsp3) is 0.545. The van der Waals surface area contributed by atoms with Crippen LogP contribution >= 0.6 is 15.9 Å². The Bertz CT molecular complexity index is 359. The molecule has 1 unspecified atom stereocenters. The number of aromatic amines is 1. The summed E-state index contributed by atoms with van der Waals surface area (Å²) in [5, 5.41) is 2.87. The first kappa shape index (κ1) is 11.7. The normalized spacial score (nSPS) is 19.9. The topological polar surface area (TPSA) is 54.1 Å². The molecule has 0 aromatic carbocycles. The van der Waals surface area contributed by atoms with Gasteiger partial charge in [0.15, 0.2) is 0 Å². The average Bonchev–Trinajstić information content (AvgIpc) is 2.89. The summed E-state index contributed by atoms with van der Waals surface area (Å²) in [6.07, 6.45) is 5.23. The molecule has 0 radical (unpaired) electrons. The minimum Gasteiger partial charge on any atom is -0.378 e. The van der Waals surface area contributed by atoms with Gasteiger partial charge in [-0.15, -0.1) is 0 Å². The van der Waals surface area contributed by atoms with Crippen molar-refractivity contribution in [1.29, 1.82) is 0 Å². The van der Waals surface area contributed by atoms with E-state index in [1.807, 2.05) is 0 Å². The predicted octanol–water partition coefficient (Wildman–Crippen LogP) is 2.08. The van der Waals surface area contributed by atoms with Crippen LogP contribution in [0.2, 0.25) is 0 Å². The Hall–Kier alpha value is -0.810. The lowest BCUT2D eigenvalue weighted by Crippen LogP contribution is -2.27. The van der Waals surface area contributed by atoms with E-state index in [2.05, 4.69) is 26.2 Å². The summed E-state index contributed by atoms with van der Waals surface area (Å²) >= 11 is 3.29. The zero-order chi connectivity index (χ0) is 11.4. The molecule has 1 aliphatic heterocycles. The van der Waals surface area contributed by atoms with Gasteiger partial charge in [0.25, 0.3) is 5.91 Å². The Balaban J connectivity index is 1.71. The van der Waals surface area contributed by atoms with E-state index < -0.39 is 0 Å². The molecule has 4 nitrogen and oxygen atoms in total. The van der Waals surface area contributed by atoms with Crippen LogP contribution in [0.4, 0.5) is 0 Å². The van der Waals surface area contributed by atoms with Crippen LogP contribution in [0.25, 0.3) is 0 Å². The molecule has 1 amide bonds. The summed E-state index contributed by atoms with van der Waals surface area (Å²) in [7, 11) is 0. The molecule has 2 rings (SSSR count). The van der Waals surface area contributed by atoms with Crippen molar-refractivity contribution < 1.29 is 9.53 Å². The molecule has 1 aliphatic rings. The molecule has 1 atom stereocenters. The summed E-state index contributed by atoms with van der Waals surface area (Å²) in [5.74, 6) is -0.0660. The third-order valence-electron chi connectivity index (χ3n) is 2.67. The fourth-order valence-electron chi connectivity index (χ4n) is 1.81. The largest absolute Gasteiger partial charge is 0.378 e. The highest BCUT2D eigenvalue weighted by molar-refractivity contribution is 9.10. The van der Waals surface area contributed by atoms with E-state index in [9.17, 15) is 4.79 Å². The number of rotatable bonds is 4. The summed E-state index contributed by atoms with van der Waals surface area (Å²) in [4.78, 5) is 14.5. The number of ether oxygens (including phenoxy) is 1. The van der Waals surface area contributed by atoms with E-state index in [-0.39, 0.29) is 5.91 Å². The van der Waals surface area contributed by atoms with Gasteiger partial charge in [0.1, 0.15) is 5.69 Å². The maximum absolute atomic E-state index is 11.6. The standard InChI is InChI=1S/C11H15BrN2O2/c12-8-6-10(14-7-8)11(15)13-4-3-9-2-1-5-16-9/h6-7,9,14H,1-5H2,(H,13,15). The first-order chi connectivity index (χ1) is 7.75. The summed E-state index contributed by atoms with van der Waals surface area (Å²) in [6, 6.07) is 1.77. The molecule has 0 spiro atoms. The number of aromatic nitrogens is 1. The van der Waals surface area contributed by atoms with Crippen molar-refractivity contribution in [3.05, 3.63) is 22.4 Å². The van der Waals surface area contributed by atoms with Crippen molar-refractivity contribution in [3.63, 3.8) is 0 Å². The Morgan fingerprint density at radius 1 is 1.69 bits per heavy atom. The van der Waals surface area contributed by atoms with Crippen molar-refractivity contribution in [2.45, 2.75) is 25.4 Å². The van der Waals surface area contributed by atoms with Crippen molar-refractivity contribution in [2.75, 3.05) is 13.2 Å². The molecule has 16 heavy (non-hydrogen) atoms. The molecule has 1 aromatic heterocycles. The number of carbonyl (C=O) groups is 1. The molecule has 1 fully saturated rings. The molecular formula is C11H15BrN2O2. The fourth-order valence-corrected chi connectivity index (χ4v) is 2.16. The van der Waals surface area contributed by atoms with Gasteiger partial charge in [-0.25, -0.2) is 0 Å². The van der Waals surface area contributed by atoms with Gasteiger partial charge in [0.2, 0.25) is 0 Å². The highest BCUT2D eigenvalue weighted by Crippen LogP contribution is 2.14. The minimum absolute atomic E-state index is 0.0660. The van der Waals surface area contributed by atoms with Crippen LogP contribution in [0.15, 0.2) is 16.7 Å². The van der Waals surface area contributed by atoms with Gasteiger partial charge in [-0.2, -0.15) is 0 Å². The average molecular weight is 287 g/mol. The minimum atomic E-state index is -0.0660. The Morgan fingerprint density at radius 2 is 2.56 bits per heavy atom. The molecule has 88 valence electrons. The van der Waals surface area contributed by atoms with Gasteiger partial charge in [-0.1, -0.05) is 0 Å². The Morgan fingerprint density at radius 3 is 3.19 bits per heavy atom. The third kappa shape index (κ3) is 3.09. The first-order valence-corrected chi connectivity index (χ1v) is 6.29. The zero-order valence-corrected chi connectivity index (χ0v) is 10.5. The number of carbonyl (C=O) groups excluding carboxylic acids is 1. The first-order valence-electron chi connectivity index (χ1n) is 5.49. The maximum Gasteiger partial charge on any atom is 0.267 e. The number of hydrogen-bond donors (Lipinski definition) is 2. The van der Waals surface area contributed by atoms with Crippen LogP contribution in [0.3, 0.4) is 0 Å². The monoisotopic (exact) mass is 286 g/mol. The molecule has 0 saturated carbocycles. The summed E-state index contributed by atoms with van der Waals surface area (Å²) in [5.41, 5.74) is 0.583. The number of H-pyrrole nitrogens is 1. The lowest BCUT2D eigenvalue weighted by molar-refractivity contribution is 0.0903. The highest BCUT2D eigenvalue weighted by atomic mass is 79.9. The Labute approximate surface area is 103 Å². The zero-order valence-electron chi connectivity index (χ0n) is 8.96. The van der Waals surface area contributed by atoms with Gasteiger partial charge in [0, 0.05) is 23.8 Å². The molecule has 1 aromatic rings. The molecule has 5 heteroatoms. The van der Waals surface area contributed by atoms with Gasteiger partial charge < -0.3 is 15.0 Å². The van der Waals surface area contributed by atoms with E-state index >= 15 is 0 Å². The van der Waals surface area contributed by atoms with Crippen LogP contribution < -0.4 is 5.32 Å².